The molecule has 166 valence electrons. The van der Waals surface area contributed by atoms with Crippen LogP contribution in [0, 0.1) is 12.8 Å². The fourth-order valence-corrected chi connectivity index (χ4v) is 5.08. The molecule has 1 saturated heterocycles. The number of guanidine groups is 1. The Morgan fingerprint density at radius 3 is 2.60 bits per heavy atom. The summed E-state index contributed by atoms with van der Waals surface area (Å²) in [5, 5.41) is 7.01. The SMILES string of the molecule is CCNC(=NCC1(c2ccccc2C)CC1)NC1CCN(C(=O)C2CCCC2)C1.I. The quantitative estimate of drug-likeness (QED) is 0.336. The molecule has 2 aliphatic carbocycles. The maximum Gasteiger partial charge on any atom is 0.225 e. The predicted molar refractivity (Wildman–Crippen MR) is 134 cm³/mol. The lowest BCUT2D eigenvalue weighted by atomic mass is 9.92. The summed E-state index contributed by atoms with van der Waals surface area (Å²) < 4.78 is 0. The van der Waals surface area contributed by atoms with Gasteiger partial charge in [0.2, 0.25) is 5.91 Å². The molecule has 1 aliphatic heterocycles. The second kappa shape index (κ2) is 10.3. The number of aryl methyl sites for hydroxylation is 1. The summed E-state index contributed by atoms with van der Waals surface area (Å²) in [6.07, 6.45) is 8.03. The Hall–Kier alpha value is -1.31. The second-order valence-corrected chi connectivity index (χ2v) is 9.19. The minimum absolute atomic E-state index is 0. The first-order valence-corrected chi connectivity index (χ1v) is 11.5. The summed E-state index contributed by atoms with van der Waals surface area (Å²) >= 11 is 0. The van der Waals surface area contributed by atoms with Crippen molar-refractivity contribution in [2.75, 3.05) is 26.2 Å². The van der Waals surface area contributed by atoms with Crippen LogP contribution >= 0.6 is 24.0 Å². The van der Waals surface area contributed by atoms with Crippen LogP contribution in [-0.4, -0.2) is 49.0 Å². The molecule has 5 nitrogen and oxygen atoms in total. The number of hydrogen-bond acceptors (Lipinski definition) is 2. The number of hydrogen-bond donors (Lipinski definition) is 2. The van der Waals surface area contributed by atoms with Crippen LogP contribution in [0.1, 0.15) is 63.0 Å². The predicted octanol–water partition coefficient (Wildman–Crippen LogP) is 3.99. The van der Waals surface area contributed by atoms with Gasteiger partial charge in [-0.15, -0.1) is 24.0 Å². The number of nitrogens with zero attached hydrogens (tertiary/aromatic N) is 2. The summed E-state index contributed by atoms with van der Waals surface area (Å²) in [6.45, 7) is 7.67. The Bertz CT molecular complexity index is 755. The van der Waals surface area contributed by atoms with E-state index in [1.54, 1.807) is 0 Å². The van der Waals surface area contributed by atoms with Crippen LogP contribution in [0.25, 0.3) is 0 Å². The number of carbonyl (C=O) groups excluding carboxylic acids is 1. The van der Waals surface area contributed by atoms with E-state index in [2.05, 4.69) is 53.6 Å². The number of amides is 1. The zero-order valence-electron chi connectivity index (χ0n) is 18.5. The third-order valence-electron chi connectivity index (χ3n) is 7.00. The van der Waals surface area contributed by atoms with Crippen LogP contribution in [0.4, 0.5) is 0 Å². The highest BCUT2D eigenvalue weighted by atomic mass is 127. The van der Waals surface area contributed by atoms with Crippen molar-refractivity contribution in [3.05, 3.63) is 35.4 Å². The smallest absolute Gasteiger partial charge is 0.225 e. The lowest BCUT2D eigenvalue weighted by Crippen LogP contribution is -2.45. The average molecular weight is 524 g/mol. The number of carbonyl (C=O) groups is 1. The molecule has 0 radical (unpaired) electrons. The summed E-state index contributed by atoms with van der Waals surface area (Å²) in [5.74, 6) is 1.55. The van der Waals surface area contributed by atoms with E-state index in [0.29, 0.717) is 11.9 Å². The van der Waals surface area contributed by atoms with Gasteiger partial charge in [0.05, 0.1) is 6.54 Å². The fraction of sp³-hybridized carbons (Fsp3) is 0.667. The summed E-state index contributed by atoms with van der Waals surface area (Å²) in [7, 11) is 0. The first-order valence-electron chi connectivity index (χ1n) is 11.5. The summed E-state index contributed by atoms with van der Waals surface area (Å²) in [4.78, 5) is 19.8. The molecule has 2 N–H and O–H groups in total. The highest BCUT2D eigenvalue weighted by molar-refractivity contribution is 14.0. The van der Waals surface area contributed by atoms with E-state index in [9.17, 15) is 4.79 Å². The van der Waals surface area contributed by atoms with Gasteiger partial charge in [-0.05, 0) is 57.1 Å². The number of nitrogens with one attached hydrogen (secondary N) is 2. The lowest BCUT2D eigenvalue weighted by molar-refractivity contribution is -0.134. The standard InChI is InChI=1S/C24H36N4O.HI/c1-3-25-23(26-17-24(13-14-24)21-11-7-4-8-18(21)2)27-20-12-15-28(16-20)22(29)19-9-5-6-10-19;/h4,7-8,11,19-20H,3,5-6,9-10,12-17H2,1-2H3,(H2,25,26,27);1H. The Labute approximate surface area is 198 Å². The Kier molecular flexibility index (Phi) is 8.04. The third-order valence-corrected chi connectivity index (χ3v) is 7.00. The lowest BCUT2D eigenvalue weighted by Gasteiger charge is -2.22. The maximum atomic E-state index is 12.7. The fourth-order valence-electron chi connectivity index (χ4n) is 5.08. The Morgan fingerprint density at radius 1 is 1.20 bits per heavy atom. The van der Waals surface area contributed by atoms with E-state index in [4.69, 9.17) is 4.99 Å². The minimum Gasteiger partial charge on any atom is -0.357 e. The number of rotatable bonds is 6. The van der Waals surface area contributed by atoms with Gasteiger partial charge in [-0.2, -0.15) is 0 Å². The molecule has 1 heterocycles. The van der Waals surface area contributed by atoms with Crippen molar-refractivity contribution in [3.8, 4) is 0 Å². The summed E-state index contributed by atoms with van der Waals surface area (Å²) in [5.41, 5.74) is 3.04. The topological polar surface area (TPSA) is 56.7 Å². The zero-order chi connectivity index (χ0) is 20.3. The highest BCUT2D eigenvalue weighted by Gasteiger charge is 2.45. The van der Waals surface area contributed by atoms with Crippen molar-refractivity contribution in [2.45, 2.75) is 70.3 Å². The number of benzene rings is 1. The molecular formula is C24H37IN4O. The van der Waals surface area contributed by atoms with Crippen molar-refractivity contribution in [3.63, 3.8) is 0 Å². The van der Waals surface area contributed by atoms with Crippen LogP contribution < -0.4 is 10.6 Å². The normalized spacial score (nSPS) is 23.2. The van der Waals surface area contributed by atoms with E-state index in [0.717, 1.165) is 51.4 Å². The number of aliphatic imine (C=N–C) groups is 1. The van der Waals surface area contributed by atoms with E-state index in [1.807, 2.05) is 0 Å². The van der Waals surface area contributed by atoms with E-state index in [-0.39, 0.29) is 35.3 Å². The molecule has 1 amide bonds. The van der Waals surface area contributed by atoms with Gasteiger partial charge in [-0.3, -0.25) is 9.79 Å². The molecule has 6 heteroatoms. The van der Waals surface area contributed by atoms with Crippen LogP contribution in [-0.2, 0) is 10.2 Å². The molecule has 0 bridgehead atoms. The molecule has 3 fully saturated rings. The van der Waals surface area contributed by atoms with Gasteiger partial charge < -0.3 is 15.5 Å². The van der Waals surface area contributed by atoms with Crippen LogP contribution in [0.3, 0.4) is 0 Å². The van der Waals surface area contributed by atoms with Gasteiger partial charge in [-0.1, -0.05) is 37.1 Å². The van der Waals surface area contributed by atoms with E-state index < -0.39 is 0 Å². The molecule has 0 aromatic heterocycles. The van der Waals surface area contributed by atoms with Gasteiger partial charge in [0.25, 0.3) is 0 Å². The van der Waals surface area contributed by atoms with E-state index >= 15 is 0 Å². The Morgan fingerprint density at radius 2 is 1.93 bits per heavy atom. The molecule has 1 aromatic carbocycles. The van der Waals surface area contributed by atoms with Crippen LogP contribution in [0.15, 0.2) is 29.3 Å². The van der Waals surface area contributed by atoms with Crippen LogP contribution in [0.5, 0.6) is 0 Å². The Balaban J connectivity index is 0.00000256. The third kappa shape index (κ3) is 5.29. The maximum absolute atomic E-state index is 12.7. The highest BCUT2D eigenvalue weighted by Crippen LogP contribution is 2.49. The van der Waals surface area contributed by atoms with Gasteiger partial charge in [0.15, 0.2) is 5.96 Å². The first-order chi connectivity index (χ1) is 14.1. The molecule has 2 saturated carbocycles. The van der Waals surface area contributed by atoms with Crippen molar-refractivity contribution >= 4 is 35.8 Å². The zero-order valence-corrected chi connectivity index (χ0v) is 20.8. The van der Waals surface area contributed by atoms with Crippen molar-refractivity contribution in [1.29, 1.82) is 0 Å². The molecule has 3 aliphatic rings. The monoisotopic (exact) mass is 524 g/mol. The van der Waals surface area contributed by atoms with Crippen LogP contribution in [0.2, 0.25) is 0 Å². The molecule has 1 aromatic rings. The molecule has 1 atom stereocenters. The molecule has 30 heavy (non-hydrogen) atoms. The van der Waals surface area contributed by atoms with Crippen molar-refractivity contribution < 1.29 is 4.79 Å². The molecule has 1 unspecified atom stereocenters. The van der Waals surface area contributed by atoms with Gasteiger partial charge in [0.1, 0.15) is 0 Å². The average Bonchev–Trinajstić information content (AvgIpc) is 3.11. The van der Waals surface area contributed by atoms with E-state index in [1.165, 1.54) is 36.8 Å². The largest absolute Gasteiger partial charge is 0.357 e. The van der Waals surface area contributed by atoms with Gasteiger partial charge >= 0.3 is 0 Å². The van der Waals surface area contributed by atoms with Crippen molar-refractivity contribution in [1.82, 2.24) is 15.5 Å². The number of halogens is 1. The molecule has 4 rings (SSSR count). The summed E-state index contributed by atoms with van der Waals surface area (Å²) in [6, 6.07) is 9.03. The van der Waals surface area contributed by atoms with Gasteiger partial charge in [-0.25, -0.2) is 0 Å². The number of likely N-dealkylation sites (tertiary alicyclic amines) is 1. The van der Waals surface area contributed by atoms with Crippen molar-refractivity contribution in [2.24, 2.45) is 10.9 Å². The minimum atomic E-state index is 0. The second-order valence-electron chi connectivity index (χ2n) is 9.19. The molecular weight excluding hydrogens is 487 g/mol. The van der Waals surface area contributed by atoms with Gasteiger partial charge in [0, 0.05) is 37.0 Å². The first kappa shape index (κ1) is 23.4. The molecule has 0 spiro atoms.